The highest BCUT2D eigenvalue weighted by molar-refractivity contribution is 7.87. The highest BCUT2D eigenvalue weighted by Gasteiger charge is 2.60. The largest absolute Gasteiger partial charge is 0.465 e. The van der Waals surface area contributed by atoms with Gasteiger partial charge in [0.15, 0.2) is 5.60 Å². The topological polar surface area (TPSA) is 127 Å². The van der Waals surface area contributed by atoms with E-state index in [-0.39, 0.29) is 11.8 Å². The standard InChI is InChI=1S/C18H26F2O8S/c1-3-17(12-5-10-4-11(7-12)8-13(17)6-10)28-14(21)16(2,23)9-27-15(22)18(19,20)29(24,25)26/h10-13,23H,3-9H2,1-2H3,(H,24,25,26). The van der Waals surface area contributed by atoms with Crippen LogP contribution in [-0.4, -0.2) is 53.1 Å². The first-order valence-corrected chi connectivity index (χ1v) is 11.1. The third kappa shape index (κ3) is 3.76. The molecule has 0 aromatic rings. The second kappa shape index (κ2) is 7.12. The zero-order chi connectivity index (χ0) is 21.8. The minimum Gasteiger partial charge on any atom is -0.457 e. The quantitative estimate of drug-likeness (QED) is 0.454. The Balaban J connectivity index is 1.68. The second-order valence-corrected chi connectivity index (χ2v) is 10.3. The zero-order valence-electron chi connectivity index (χ0n) is 16.3. The van der Waals surface area contributed by atoms with Crippen molar-refractivity contribution in [2.24, 2.45) is 23.7 Å². The summed E-state index contributed by atoms with van der Waals surface area (Å²) in [6, 6.07) is 0. The number of esters is 2. The van der Waals surface area contributed by atoms with Crippen molar-refractivity contribution in [2.75, 3.05) is 6.61 Å². The highest BCUT2D eigenvalue weighted by Crippen LogP contribution is 2.60. The molecule has 4 fully saturated rings. The lowest BCUT2D eigenvalue weighted by molar-refractivity contribution is -0.227. The molecule has 1 unspecified atom stereocenters. The summed E-state index contributed by atoms with van der Waals surface area (Å²) in [5.74, 6) is -2.16. The van der Waals surface area contributed by atoms with E-state index in [1.807, 2.05) is 6.92 Å². The van der Waals surface area contributed by atoms with Crippen LogP contribution >= 0.6 is 0 Å². The van der Waals surface area contributed by atoms with Gasteiger partial charge in [-0.1, -0.05) is 6.92 Å². The van der Waals surface area contributed by atoms with Gasteiger partial charge in [0.2, 0.25) is 0 Å². The number of halogens is 2. The molecular weight excluding hydrogens is 414 g/mol. The Morgan fingerprint density at radius 3 is 1.97 bits per heavy atom. The minimum absolute atomic E-state index is 0.162. The molecule has 0 aromatic carbocycles. The molecule has 4 saturated carbocycles. The smallest absolute Gasteiger partial charge is 0.457 e. The SMILES string of the molecule is CCC1(OC(=O)C(C)(O)COC(=O)C(F)(F)S(=O)(=O)O)C2CC3CC(C2)CC1C3. The lowest BCUT2D eigenvalue weighted by Crippen LogP contribution is -2.61. The summed E-state index contributed by atoms with van der Waals surface area (Å²) in [5, 5.41) is 5.15. The normalized spacial score (nSPS) is 35.8. The molecule has 4 rings (SSSR count). The van der Waals surface area contributed by atoms with Crippen LogP contribution in [-0.2, 0) is 29.2 Å². The van der Waals surface area contributed by atoms with Crippen LogP contribution in [0, 0.1) is 23.7 Å². The Morgan fingerprint density at radius 2 is 1.55 bits per heavy atom. The van der Waals surface area contributed by atoms with Crippen LogP contribution < -0.4 is 0 Å². The summed E-state index contributed by atoms with van der Waals surface area (Å²) in [4.78, 5) is 24.0. The highest BCUT2D eigenvalue weighted by atomic mass is 32.2. The Morgan fingerprint density at radius 1 is 1.07 bits per heavy atom. The number of carbonyl (C=O) groups is 2. The first-order valence-electron chi connectivity index (χ1n) is 9.70. The third-order valence-electron chi connectivity index (χ3n) is 6.84. The van der Waals surface area contributed by atoms with Gasteiger partial charge >= 0.3 is 27.3 Å². The van der Waals surface area contributed by atoms with Crippen molar-refractivity contribution >= 4 is 22.1 Å². The van der Waals surface area contributed by atoms with Crippen LogP contribution in [0.5, 0.6) is 0 Å². The van der Waals surface area contributed by atoms with E-state index in [0.29, 0.717) is 18.3 Å². The van der Waals surface area contributed by atoms with Crippen LogP contribution in [0.3, 0.4) is 0 Å². The van der Waals surface area contributed by atoms with Gasteiger partial charge in [0.1, 0.15) is 12.2 Å². The van der Waals surface area contributed by atoms with Crippen molar-refractivity contribution in [3.05, 3.63) is 0 Å². The zero-order valence-corrected chi connectivity index (χ0v) is 17.1. The van der Waals surface area contributed by atoms with Crippen molar-refractivity contribution < 1.29 is 45.9 Å². The lowest BCUT2D eigenvalue weighted by atomic mass is 9.49. The number of hydrogen-bond donors (Lipinski definition) is 2. The van der Waals surface area contributed by atoms with E-state index in [4.69, 9.17) is 9.29 Å². The van der Waals surface area contributed by atoms with Gasteiger partial charge in [-0.25, -0.2) is 9.59 Å². The molecule has 0 heterocycles. The van der Waals surface area contributed by atoms with Gasteiger partial charge in [0.25, 0.3) is 0 Å². The number of alkyl halides is 2. The molecule has 4 bridgehead atoms. The van der Waals surface area contributed by atoms with Gasteiger partial charge < -0.3 is 14.6 Å². The van der Waals surface area contributed by atoms with Crippen molar-refractivity contribution in [2.45, 2.75) is 68.8 Å². The van der Waals surface area contributed by atoms with Crippen LogP contribution in [0.1, 0.15) is 52.4 Å². The molecule has 1 atom stereocenters. The Hall–Kier alpha value is -1.33. The number of carbonyl (C=O) groups excluding carboxylic acids is 2. The maximum absolute atomic E-state index is 13.3. The van der Waals surface area contributed by atoms with Crippen LogP contribution in [0.2, 0.25) is 0 Å². The number of hydrogen-bond acceptors (Lipinski definition) is 7. The van der Waals surface area contributed by atoms with E-state index in [1.54, 1.807) is 0 Å². The molecule has 0 radical (unpaired) electrons. The van der Waals surface area contributed by atoms with Gasteiger partial charge in [-0.15, -0.1) is 0 Å². The predicted octanol–water partition coefficient (Wildman–Crippen LogP) is 1.91. The minimum atomic E-state index is -6.04. The van der Waals surface area contributed by atoms with Gasteiger partial charge in [0, 0.05) is 0 Å². The van der Waals surface area contributed by atoms with E-state index in [2.05, 4.69) is 4.74 Å². The molecule has 0 aromatic heterocycles. The molecule has 29 heavy (non-hydrogen) atoms. The maximum atomic E-state index is 13.3. The number of aliphatic hydroxyl groups is 1. The van der Waals surface area contributed by atoms with Gasteiger partial charge in [-0.05, 0) is 69.1 Å². The summed E-state index contributed by atoms with van der Waals surface area (Å²) in [5.41, 5.74) is -3.21. The first kappa shape index (κ1) is 22.4. The Bertz CT molecular complexity index is 764. The Kier molecular flexibility index (Phi) is 5.49. The molecular formula is C18H26F2O8S. The summed E-state index contributed by atoms with van der Waals surface area (Å²) < 4.78 is 66.0. The molecule has 0 saturated heterocycles. The fraction of sp³-hybridized carbons (Fsp3) is 0.889. The van der Waals surface area contributed by atoms with Crippen LogP contribution in [0.25, 0.3) is 0 Å². The fourth-order valence-electron chi connectivity index (χ4n) is 5.53. The van der Waals surface area contributed by atoms with Crippen LogP contribution in [0.4, 0.5) is 8.78 Å². The molecule has 0 spiro atoms. The van der Waals surface area contributed by atoms with Crippen molar-refractivity contribution in [3.8, 4) is 0 Å². The van der Waals surface area contributed by atoms with Gasteiger partial charge in [-0.3, -0.25) is 4.55 Å². The van der Waals surface area contributed by atoms with E-state index < -0.39 is 45.1 Å². The molecule has 0 amide bonds. The number of rotatable bonds is 7. The summed E-state index contributed by atoms with van der Waals surface area (Å²) in [6.07, 6.45) is 5.48. The van der Waals surface area contributed by atoms with Crippen molar-refractivity contribution in [1.29, 1.82) is 0 Å². The maximum Gasteiger partial charge on any atom is 0.465 e. The van der Waals surface area contributed by atoms with E-state index in [1.165, 1.54) is 6.42 Å². The average molecular weight is 440 g/mol. The van der Waals surface area contributed by atoms with E-state index in [0.717, 1.165) is 32.6 Å². The lowest BCUT2D eigenvalue weighted by Gasteiger charge is -2.60. The number of ether oxygens (including phenoxy) is 2. The summed E-state index contributed by atoms with van der Waals surface area (Å²) >= 11 is 0. The van der Waals surface area contributed by atoms with Crippen LogP contribution in [0.15, 0.2) is 0 Å². The summed E-state index contributed by atoms with van der Waals surface area (Å²) in [6.45, 7) is 1.60. The molecule has 2 N–H and O–H groups in total. The van der Waals surface area contributed by atoms with Crippen molar-refractivity contribution in [3.63, 3.8) is 0 Å². The van der Waals surface area contributed by atoms with E-state index in [9.17, 15) is 31.9 Å². The Labute approximate surface area is 167 Å². The van der Waals surface area contributed by atoms with Gasteiger partial charge in [-0.2, -0.15) is 17.2 Å². The molecule has 11 heteroatoms. The molecule has 4 aliphatic carbocycles. The van der Waals surface area contributed by atoms with Gasteiger partial charge in [0.05, 0.1) is 0 Å². The monoisotopic (exact) mass is 440 g/mol. The molecule has 166 valence electrons. The fourth-order valence-corrected chi connectivity index (χ4v) is 5.80. The van der Waals surface area contributed by atoms with Crippen molar-refractivity contribution in [1.82, 2.24) is 0 Å². The molecule has 0 aliphatic heterocycles. The molecule has 4 aliphatic rings. The molecule has 8 nitrogen and oxygen atoms in total. The third-order valence-corrected chi connectivity index (χ3v) is 7.66. The second-order valence-electron chi connectivity index (χ2n) is 8.84. The van der Waals surface area contributed by atoms with E-state index >= 15 is 0 Å². The first-order chi connectivity index (χ1) is 13.2. The predicted molar refractivity (Wildman–Crippen MR) is 94.2 cm³/mol. The average Bonchev–Trinajstić information content (AvgIpc) is 2.61. The summed E-state index contributed by atoms with van der Waals surface area (Å²) in [7, 11) is -6.04.